The summed E-state index contributed by atoms with van der Waals surface area (Å²) >= 11 is 6.17. The summed E-state index contributed by atoms with van der Waals surface area (Å²) < 4.78 is 0. The molecule has 1 aromatic heterocycles. The number of likely N-dealkylation sites (tertiary alicyclic amines) is 1. The van der Waals surface area contributed by atoms with Crippen LogP contribution in [-0.2, 0) is 11.3 Å². The summed E-state index contributed by atoms with van der Waals surface area (Å²) in [5.74, 6) is 5.60. The van der Waals surface area contributed by atoms with Gasteiger partial charge in [-0.05, 0) is 31.9 Å². The molecule has 2 unspecified atom stereocenters. The van der Waals surface area contributed by atoms with Gasteiger partial charge in [0.25, 0.3) is 0 Å². The number of primary amides is 1. The highest BCUT2D eigenvalue weighted by Crippen LogP contribution is 2.25. The lowest BCUT2D eigenvalue weighted by Crippen LogP contribution is -2.45. The zero-order chi connectivity index (χ0) is 14.7. The number of amides is 1. The summed E-state index contributed by atoms with van der Waals surface area (Å²) in [4.78, 5) is 17.9. The number of nitrogen functional groups attached to an aromatic ring is 1. The highest BCUT2D eigenvalue weighted by molar-refractivity contribution is 6.31. The fourth-order valence-corrected chi connectivity index (χ4v) is 2.66. The number of carbonyl (C=O) groups excluding carboxylic acids is 1. The van der Waals surface area contributed by atoms with Crippen molar-refractivity contribution in [1.29, 1.82) is 0 Å². The molecule has 1 aromatic rings. The SMILES string of the molecule is CC1CCC(C(N)=O)CN1Cc1nc(NN)ccc1Cl. The van der Waals surface area contributed by atoms with Crippen LogP contribution in [0.5, 0.6) is 0 Å². The van der Waals surface area contributed by atoms with Gasteiger partial charge in [-0.2, -0.15) is 0 Å². The summed E-state index contributed by atoms with van der Waals surface area (Å²) in [6.07, 6.45) is 1.79. The van der Waals surface area contributed by atoms with Gasteiger partial charge >= 0.3 is 0 Å². The number of piperidine rings is 1. The van der Waals surface area contributed by atoms with E-state index in [-0.39, 0.29) is 11.8 Å². The molecule has 5 N–H and O–H groups in total. The van der Waals surface area contributed by atoms with Gasteiger partial charge in [0.1, 0.15) is 5.82 Å². The van der Waals surface area contributed by atoms with E-state index in [0.717, 1.165) is 18.5 Å². The molecule has 0 aliphatic carbocycles. The van der Waals surface area contributed by atoms with Crippen molar-refractivity contribution in [1.82, 2.24) is 9.88 Å². The number of anilines is 1. The number of rotatable bonds is 4. The van der Waals surface area contributed by atoms with E-state index in [1.165, 1.54) is 0 Å². The average Bonchev–Trinajstić information content (AvgIpc) is 2.43. The molecule has 2 heterocycles. The van der Waals surface area contributed by atoms with Crippen molar-refractivity contribution in [3.8, 4) is 0 Å². The van der Waals surface area contributed by atoms with E-state index in [9.17, 15) is 4.79 Å². The van der Waals surface area contributed by atoms with Crippen molar-refractivity contribution >= 4 is 23.3 Å². The molecule has 2 rings (SSSR count). The molecule has 0 bridgehead atoms. The minimum Gasteiger partial charge on any atom is -0.369 e. The Bertz CT molecular complexity index is 496. The van der Waals surface area contributed by atoms with Crippen molar-refractivity contribution in [2.24, 2.45) is 17.5 Å². The number of nitrogens with zero attached hydrogens (tertiary/aromatic N) is 2. The first-order valence-electron chi connectivity index (χ1n) is 6.66. The Hall–Kier alpha value is -1.37. The highest BCUT2D eigenvalue weighted by Gasteiger charge is 2.29. The Morgan fingerprint density at radius 1 is 1.55 bits per heavy atom. The number of pyridine rings is 1. The van der Waals surface area contributed by atoms with Crippen LogP contribution in [0.1, 0.15) is 25.5 Å². The van der Waals surface area contributed by atoms with E-state index in [2.05, 4.69) is 22.2 Å². The van der Waals surface area contributed by atoms with E-state index in [1.807, 2.05) is 0 Å². The van der Waals surface area contributed by atoms with Crippen molar-refractivity contribution < 1.29 is 4.79 Å². The van der Waals surface area contributed by atoms with Crippen molar-refractivity contribution in [3.63, 3.8) is 0 Å². The van der Waals surface area contributed by atoms with Crippen LogP contribution in [0.2, 0.25) is 5.02 Å². The van der Waals surface area contributed by atoms with Crippen molar-refractivity contribution in [2.75, 3.05) is 12.0 Å². The van der Waals surface area contributed by atoms with Crippen LogP contribution in [-0.4, -0.2) is 28.4 Å². The lowest BCUT2D eigenvalue weighted by molar-refractivity contribution is -0.124. The molecule has 1 aliphatic rings. The Kier molecular flexibility index (Phi) is 4.80. The van der Waals surface area contributed by atoms with Gasteiger partial charge in [-0.1, -0.05) is 11.6 Å². The van der Waals surface area contributed by atoms with Crippen LogP contribution in [0.3, 0.4) is 0 Å². The molecule has 1 aliphatic heterocycles. The molecular weight excluding hydrogens is 278 g/mol. The van der Waals surface area contributed by atoms with E-state index < -0.39 is 0 Å². The van der Waals surface area contributed by atoms with Crippen LogP contribution in [0.15, 0.2) is 12.1 Å². The molecule has 2 atom stereocenters. The lowest BCUT2D eigenvalue weighted by Gasteiger charge is -2.36. The average molecular weight is 298 g/mol. The van der Waals surface area contributed by atoms with Crippen LogP contribution >= 0.6 is 11.6 Å². The zero-order valence-corrected chi connectivity index (χ0v) is 12.2. The Labute approximate surface area is 123 Å². The van der Waals surface area contributed by atoms with Crippen LogP contribution in [0.25, 0.3) is 0 Å². The lowest BCUT2D eigenvalue weighted by atomic mass is 9.93. The molecule has 20 heavy (non-hydrogen) atoms. The van der Waals surface area contributed by atoms with Crippen molar-refractivity contribution in [3.05, 3.63) is 22.8 Å². The van der Waals surface area contributed by atoms with E-state index in [4.69, 9.17) is 23.2 Å². The van der Waals surface area contributed by atoms with Gasteiger partial charge in [-0.25, -0.2) is 10.8 Å². The summed E-state index contributed by atoms with van der Waals surface area (Å²) in [5, 5.41) is 0.595. The van der Waals surface area contributed by atoms with Gasteiger partial charge in [0.15, 0.2) is 0 Å². The summed E-state index contributed by atoms with van der Waals surface area (Å²) in [6, 6.07) is 3.86. The minimum absolute atomic E-state index is 0.0965. The van der Waals surface area contributed by atoms with Gasteiger partial charge < -0.3 is 11.2 Å². The van der Waals surface area contributed by atoms with Crippen LogP contribution in [0.4, 0.5) is 5.82 Å². The van der Waals surface area contributed by atoms with Crippen LogP contribution < -0.4 is 17.0 Å². The topological polar surface area (TPSA) is 97.3 Å². The second kappa shape index (κ2) is 6.39. The largest absolute Gasteiger partial charge is 0.369 e. The van der Waals surface area contributed by atoms with Gasteiger partial charge in [-0.3, -0.25) is 9.69 Å². The molecule has 7 heteroatoms. The molecule has 1 amide bonds. The molecule has 1 fully saturated rings. The number of carbonyl (C=O) groups is 1. The zero-order valence-electron chi connectivity index (χ0n) is 11.5. The molecule has 0 aromatic carbocycles. The minimum atomic E-state index is -0.238. The third kappa shape index (κ3) is 3.39. The molecular formula is C13H20ClN5O. The maximum absolute atomic E-state index is 11.4. The second-order valence-electron chi connectivity index (χ2n) is 5.22. The molecule has 6 nitrogen and oxygen atoms in total. The van der Waals surface area contributed by atoms with E-state index in [1.54, 1.807) is 12.1 Å². The Morgan fingerprint density at radius 2 is 2.30 bits per heavy atom. The standard InChI is InChI=1S/C13H20ClN5O/c1-8-2-3-9(13(15)20)6-19(8)7-11-10(14)4-5-12(17-11)18-16/h4-5,8-9H,2-3,6-7,16H2,1H3,(H2,15,20)(H,17,18). The predicted molar refractivity (Wildman–Crippen MR) is 78.8 cm³/mol. The number of nitrogens with two attached hydrogens (primary N) is 2. The third-order valence-corrected chi connectivity index (χ3v) is 4.18. The number of hydrogen-bond donors (Lipinski definition) is 3. The Balaban J connectivity index is 2.13. The molecule has 0 spiro atoms. The maximum Gasteiger partial charge on any atom is 0.221 e. The van der Waals surface area contributed by atoms with Gasteiger partial charge in [-0.15, -0.1) is 0 Å². The third-order valence-electron chi connectivity index (χ3n) is 3.83. The number of nitrogens with one attached hydrogen (secondary N) is 1. The molecule has 1 saturated heterocycles. The molecule has 0 saturated carbocycles. The fraction of sp³-hybridized carbons (Fsp3) is 0.538. The quantitative estimate of drug-likeness (QED) is 0.571. The van der Waals surface area contributed by atoms with Crippen LogP contribution in [0, 0.1) is 5.92 Å². The van der Waals surface area contributed by atoms with E-state index in [0.29, 0.717) is 30.0 Å². The maximum atomic E-state index is 11.4. The van der Waals surface area contributed by atoms with Gasteiger partial charge in [0.2, 0.25) is 5.91 Å². The highest BCUT2D eigenvalue weighted by atomic mass is 35.5. The molecule has 0 radical (unpaired) electrons. The first-order valence-corrected chi connectivity index (χ1v) is 7.04. The predicted octanol–water partition coefficient (Wildman–Crippen LogP) is 1.11. The molecule has 110 valence electrons. The van der Waals surface area contributed by atoms with Gasteiger partial charge in [0.05, 0.1) is 16.6 Å². The summed E-state index contributed by atoms with van der Waals surface area (Å²) in [7, 11) is 0. The summed E-state index contributed by atoms with van der Waals surface area (Å²) in [6.45, 7) is 3.37. The first-order chi connectivity index (χ1) is 9.51. The number of hydrogen-bond acceptors (Lipinski definition) is 5. The number of halogens is 1. The van der Waals surface area contributed by atoms with E-state index >= 15 is 0 Å². The Morgan fingerprint density at radius 3 is 2.95 bits per heavy atom. The second-order valence-corrected chi connectivity index (χ2v) is 5.63. The number of aromatic nitrogens is 1. The normalized spacial score (nSPS) is 23.6. The van der Waals surface area contributed by atoms with Gasteiger partial charge in [0, 0.05) is 19.1 Å². The monoisotopic (exact) mass is 297 g/mol. The fourth-order valence-electron chi connectivity index (χ4n) is 2.50. The first kappa shape index (κ1) is 15.0. The smallest absolute Gasteiger partial charge is 0.221 e. The van der Waals surface area contributed by atoms with Crippen molar-refractivity contribution in [2.45, 2.75) is 32.4 Å². The summed E-state index contributed by atoms with van der Waals surface area (Å²) in [5.41, 5.74) is 8.67. The number of hydrazine groups is 1.